The molecule has 0 amide bonds. The Bertz CT molecular complexity index is 234. The number of nitrogens with two attached hydrogens (primary N) is 1. The maximum absolute atomic E-state index is 7.67. The third kappa shape index (κ3) is 1.45. The minimum atomic E-state index is -0.262. The molecule has 1 aliphatic heterocycles. The fourth-order valence-corrected chi connectivity index (χ4v) is 2.17. The molecule has 1 aliphatic rings. The largest absolute Gasteiger partial charge is 0.387 e. The molecule has 2 unspecified atom stereocenters. The molecule has 4 heteroatoms. The van der Waals surface area contributed by atoms with Gasteiger partial charge in [-0.05, 0) is 19.3 Å². The highest BCUT2D eigenvalue weighted by molar-refractivity contribution is 5.84. The summed E-state index contributed by atoms with van der Waals surface area (Å²) in [6.45, 7) is 6.88. The zero-order chi connectivity index (χ0) is 10.1. The van der Waals surface area contributed by atoms with Gasteiger partial charge >= 0.3 is 0 Å². The van der Waals surface area contributed by atoms with Crippen LogP contribution in [-0.2, 0) is 0 Å². The molecule has 0 radical (unpaired) electrons. The van der Waals surface area contributed by atoms with E-state index in [-0.39, 0.29) is 17.3 Å². The van der Waals surface area contributed by atoms with Crippen molar-refractivity contribution in [3.63, 3.8) is 0 Å². The molecule has 0 spiro atoms. The van der Waals surface area contributed by atoms with Crippen molar-refractivity contribution in [1.29, 1.82) is 5.41 Å². The van der Waals surface area contributed by atoms with Gasteiger partial charge in [0.2, 0.25) is 0 Å². The summed E-state index contributed by atoms with van der Waals surface area (Å²) in [7, 11) is 0. The standard InChI is InChI=1S/C9H18N4/c1-6(2)9(8(10)11)4-5-12-13-7(9)3/h6-7H,4-5H2,1-3H3,(H3,10,11). The van der Waals surface area contributed by atoms with Crippen LogP contribution in [0.3, 0.4) is 0 Å². The van der Waals surface area contributed by atoms with Crippen LogP contribution >= 0.6 is 0 Å². The van der Waals surface area contributed by atoms with E-state index in [0.717, 1.165) is 6.42 Å². The molecule has 0 aromatic heterocycles. The van der Waals surface area contributed by atoms with Gasteiger partial charge in [0, 0.05) is 0 Å². The van der Waals surface area contributed by atoms with E-state index >= 15 is 0 Å². The van der Waals surface area contributed by atoms with Gasteiger partial charge in [0.05, 0.1) is 23.8 Å². The summed E-state index contributed by atoms with van der Waals surface area (Å²) in [6.07, 6.45) is 0.852. The zero-order valence-corrected chi connectivity index (χ0v) is 8.54. The summed E-state index contributed by atoms with van der Waals surface area (Å²) in [5.74, 6) is 0.605. The van der Waals surface area contributed by atoms with Crippen LogP contribution in [0, 0.1) is 16.7 Å². The van der Waals surface area contributed by atoms with Crippen molar-refractivity contribution in [2.75, 3.05) is 6.54 Å². The lowest BCUT2D eigenvalue weighted by Crippen LogP contribution is -2.49. The average molecular weight is 182 g/mol. The smallest absolute Gasteiger partial charge is 0.0994 e. The first-order valence-electron chi connectivity index (χ1n) is 4.73. The Morgan fingerprint density at radius 1 is 1.62 bits per heavy atom. The lowest BCUT2D eigenvalue weighted by molar-refractivity contribution is 0.206. The van der Waals surface area contributed by atoms with Crippen LogP contribution in [0.15, 0.2) is 10.2 Å². The van der Waals surface area contributed by atoms with E-state index in [1.165, 1.54) is 0 Å². The Morgan fingerprint density at radius 3 is 2.54 bits per heavy atom. The second kappa shape index (κ2) is 3.44. The number of hydrogen-bond donors (Lipinski definition) is 2. The summed E-state index contributed by atoms with van der Waals surface area (Å²) < 4.78 is 0. The molecule has 74 valence electrons. The van der Waals surface area contributed by atoms with Gasteiger partial charge in [-0.15, -0.1) is 0 Å². The van der Waals surface area contributed by atoms with E-state index in [1.54, 1.807) is 0 Å². The summed E-state index contributed by atoms with van der Waals surface area (Å²) in [5.41, 5.74) is 5.41. The van der Waals surface area contributed by atoms with Crippen LogP contribution in [0.4, 0.5) is 0 Å². The van der Waals surface area contributed by atoms with E-state index in [9.17, 15) is 0 Å². The topological polar surface area (TPSA) is 74.6 Å². The first-order chi connectivity index (χ1) is 6.01. The normalized spacial score (nSPS) is 33.7. The number of nitrogens with zero attached hydrogens (tertiary/aromatic N) is 2. The molecule has 0 saturated heterocycles. The molecule has 0 saturated carbocycles. The molecular formula is C9H18N4. The Labute approximate surface area is 79.1 Å². The van der Waals surface area contributed by atoms with E-state index in [4.69, 9.17) is 11.1 Å². The predicted octanol–water partition coefficient (Wildman–Crippen LogP) is 1.81. The van der Waals surface area contributed by atoms with Crippen LogP contribution in [0.5, 0.6) is 0 Å². The van der Waals surface area contributed by atoms with Crippen molar-refractivity contribution < 1.29 is 0 Å². The van der Waals surface area contributed by atoms with Crippen molar-refractivity contribution in [2.45, 2.75) is 33.2 Å². The molecule has 0 bridgehead atoms. The van der Waals surface area contributed by atoms with Gasteiger partial charge in [-0.1, -0.05) is 13.8 Å². The fourth-order valence-electron chi connectivity index (χ4n) is 2.17. The fraction of sp³-hybridized carbons (Fsp3) is 0.889. The van der Waals surface area contributed by atoms with Gasteiger partial charge in [-0.3, -0.25) is 5.41 Å². The number of nitrogens with one attached hydrogen (secondary N) is 1. The van der Waals surface area contributed by atoms with E-state index in [2.05, 4.69) is 24.1 Å². The lowest BCUT2D eigenvalue weighted by atomic mass is 9.68. The van der Waals surface area contributed by atoms with Crippen molar-refractivity contribution in [3.8, 4) is 0 Å². The van der Waals surface area contributed by atoms with Gasteiger partial charge in [-0.25, -0.2) is 0 Å². The molecule has 1 rings (SSSR count). The van der Waals surface area contributed by atoms with E-state index < -0.39 is 0 Å². The second-order valence-electron chi connectivity index (χ2n) is 4.02. The molecule has 13 heavy (non-hydrogen) atoms. The highest BCUT2D eigenvalue weighted by Crippen LogP contribution is 2.39. The Morgan fingerprint density at radius 2 is 2.23 bits per heavy atom. The van der Waals surface area contributed by atoms with Gasteiger partial charge in [0.25, 0.3) is 0 Å². The van der Waals surface area contributed by atoms with Crippen LogP contribution in [0.25, 0.3) is 0 Å². The number of azo groups is 1. The quantitative estimate of drug-likeness (QED) is 0.496. The molecule has 0 aromatic carbocycles. The van der Waals surface area contributed by atoms with Crippen LogP contribution < -0.4 is 5.73 Å². The Hall–Kier alpha value is -0.930. The highest BCUT2D eigenvalue weighted by Gasteiger charge is 2.44. The third-order valence-corrected chi connectivity index (χ3v) is 3.16. The minimum absolute atomic E-state index is 0.0405. The van der Waals surface area contributed by atoms with Crippen molar-refractivity contribution in [2.24, 2.45) is 27.3 Å². The second-order valence-corrected chi connectivity index (χ2v) is 4.02. The maximum Gasteiger partial charge on any atom is 0.0994 e. The summed E-state index contributed by atoms with van der Waals surface area (Å²) in [5, 5.41) is 15.8. The maximum atomic E-state index is 7.67. The SMILES string of the molecule is CC(C)C1(C(=N)N)CCN=NC1C. The summed E-state index contributed by atoms with van der Waals surface area (Å²) in [4.78, 5) is 0. The number of hydrogen-bond acceptors (Lipinski definition) is 3. The third-order valence-electron chi connectivity index (χ3n) is 3.16. The average Bonchev–Trinajstić information content (AvgIpc) is 2.04. The van der Waals surface area contributed by atoms with E-state index in [1.807, 2.05) is 6.92 Å². The highest BCUT2D eigenvalue weighted by atomic mass is 15.1. The predicted molar refractivity (Wildman–Crippen MR) is 53.0 cm³/mol. The van der Waals surface area contributed by atoms with Crippen LogP contribution in [0.2, 0.25) is 0 Å². The van der Waals surface area contributed by atoms with Gasteiger partial charge < -0.3 is 5.73 Å². The molecule has 2 atom stereocenters. The van der Waals surface area contributed by atoms with Gasteiger partial charge in [-0.2, -0.15) is 10.2 Å². The number of rotatable bonds is 2. The Kier molecular flexibility index (Phi) is 2.68. The van der Waals surface area contributed by atoms with Gasteiger partial charge in [0.1, 0.15) is 0 Å². The molecule has 3 N–H and O–H groups in total. The monoisotopic (exact) mass is 182 g/mol. The van der Waals surface area contributed by atoms with Crippen LogP contribution in [-0.4, -0.2) is 18.4 Å². The van der Waals surface area contributed by atoms with Crippen LogP contribution in [0.1, 0.15) is 27.2 Å². The molecule has 0 fully saturated rings. The zero-order valence-electron chi connectivity index (χ0n) is 8.54. The number of amidine groups is 1. The lowest BCUT2D eigenvalue weighted by Gasteiger charge is -2.40. The van der Waals surface area contributed by atoms with Crippen molar-refractivity contribution in [1.82, 2.24) is 0 Å². The molecular weight excluding hydrogens is 164 g/mol. The molecule has 0 aliphatic carbocycles. The first-order valence-corrected chi connectivity index (χ1v) is 4.73. The Balaban J connectivity index is 3.03. The summed E-state index contributed by atoms with van der Waals surface area (Å²) >= 11 is 0. The van der Waals surface area contributed by atoms with Gasteiger partial charge in [0.15, 0.2) is 0 Å². The minimum Gasteiger partial charge on any atom is -0.387 e. The molecule has 0 aromatic rings. The molecule has 4 nitrogen and oxygen atoms in total. The molecule has 1 heterocycles. The summed E-state index contributed by atoms with van der Waals surface area (Å²) in [6, 6.07) is 0.0405. The van der Waals surface area contributed by atoms with Crippen molar-refractivity contribution in [3.05, 3.63) is 0 Å². The van der Waals surface area contributed by atoms with E-state index in [0.29, 0.717) is 12.5 Å². The van der Waals surface area contributed by atoms with Crippen molar-refractivity contribution >= 4 is 5.84 Å². The first kappa shape index (κ1) is 10.2.